The number of carbonyl (C=O) groups excluding carboxylic acids is 2. The van der Waals surface area contributed by atoms with Crippen LogP contribution in [0.4, 0.5) is 0 Å². The van der Waals surface area contributed by atoms with E-state index in [0.717, 1.165) is 6.42 Å². The molecule has 82 valence electrons. The Kier molecular flexibility index (Phi) is 6.74. The molecule has 0 spiro atoms. The summed E-state index contributed by atoms with van der Waals surface area (Å²) in [6.45, 7) is 1.000. The summed E-state index contributed by atoms with van der Waals surface area (Å²) in [5.41, 5.74) is 0. The number of nitrogens with one attached hydrogen (secondary N) is 2. The number of carbonyl (C=O) groups is 2. The van der Waals surface area contributed by atoms with E-state index in [1.54, 1.807) is 26.0 Å². The SMILES string of the molecule is CNC(=O)CNCCCC(=O)N(C)C. The highest BCUT2D eigenvalue weighted by Crippen LogP contribution is 1.91. The Morgan fingerprint density at radius 3 is 2.43 bits per heavy atom. The first-order valence-electron chi connectivity index (χ1n) is 4.69. The summed E-state index contributed by atoms with van der Waals surface area (Å²) in [4.78, 5) is 23.5. The van der Waals surface area contributed by atoms with E-state index in [4.69, 9.17) is 0 Å². The highest BCUT2D eigenvalue weighted by molar-refractivity contribution is 5.77. The Labute approximate surface area is 84.8 Å². The van der Waals surface area contributed by atoms with Crippen molar-refractivity contribution in [3.05, 3.63) is 0 Å². The van der Waals surface area contributed by atoms with Gasteiger partial charge in [-0.2, -0.15) is 0 Å². The molecule has 0 bridgehead atoms. The molecule has 0 aromatic heterocycles. The molecule has 0 saturated heterocycles. The van der Waals surface area contributed by atoms with Gasteiger partial charge in [-0.15, -0.1) is 0 Å². The maximum atomic E-state index is 11.1. The van der Waals surface area contributed by atoms with Crippen molar-refractivity contribution in [3.8, 4) is 0 Å². The van der Waals surface area contributed by atoms with E-state index < -0.39 is 0 Å². The fraction of sp³-hybridized carbons (Fsp3) is 0.778. The number of hydrogen-bond donors (Lipinski definition) is 2. The third kappa shape index (κ3) is 6.42. The van der Waals surface area contributed by atoms with Crippen molar-refractivity contribution >= 4 is 11.8 Å². The Bertz CT molecular complexity index is 192. The summed E-state index contributed by atoms with van der Waals surface area (Å²) in [7, 11) is 5.07. The molecule has 2 N–H and O–H groups in total. The normalized spacial score (nSPS) is 9.64. The molecular formula is C9H19N3O2. The topological polar surface area (TPSA) is 61.4 Å². The molecule has 5 nitrogen and oxygen atoms in total. The standard InChI is InChI=1S/C9H19N3O2/c1-10-8(13)7-11-6-4-5-9(14)12(2)3/h11H,4-7H2,1-3H3,(H,10,13). The first-order chi connectivity index (χ1) is 6.57. The Hall–Kier alpha value is -1.10. The maximum Gasteiger partial charge on any atom is 0.233 e. The first-order valence-corrected chi connectivity index (χ1v) is 4.69. The van der Waals surface area contributed by atoms with Crippen molar-refractivity contribution in [3.63, 3.8) is 0 Å². The van der Waals surface area contributed by atoms with E-state index in [1.807, 2.05) is 0 Å². The van der Waals surface area contributed by atoms with Crippen molar-refractivity contribution < 1.29 is 9.59 Å². The zero-order valence-corrected chi connectivity index (χ0v) is 9.09. The summed E-state index contributed by atoms with van der Waals surface area (Å²) >= 11 is 0. The van der Waals surface area contributed by atoms with E-state index in [9.17, 15) is 9.59 Å². The molecule has 0 radical (unpaired) electrons. The zero-order valence-electron chi connectivity index (χ0n) is 9.09. The molecule has 5 heteroatoms. The van der Waals surface area contributed by atoms with Gasteiger partial charge in [-0.05, 0) is 13.0 Å². The molecular weight excluding hydrogens is 182 g/mol. The number of amides is 2. The average Bonchev–Trinajstić information content (AvgIpc) is 2.16. The van der Waals surface area contributed by atoms with Crippen LogP contribution in [0, 0.1) is 0 Å². The fourth-order valence-corrected chi connectivity index (χ4v) is 0.879. The number of likely N-dealkylation sites (N-methyl/N-ethyl adjacent to an activating group) is 1. The van der Waals surface area contributed by atoms with Gasteiger partial charge in [0.15, 0.2) is 0 Å². The molecule has 0 atom stereocenters. The van der Waals surface area contributed by atoms with E-state index in [2.05, 4.69) is 10.6 Å². The van der Waals surface area contributed by atoms with Gasteiger partial charge in [-0.1, -0.05) is 0 Å². The van der Waals surface area contributed by atoms with Crippen LogP contribution in [0.3, 0.4) is 0 Å². The number of nitrogens with zero attached hydrogens (tertiary/aromatic N) is 1. The molecule has 0 aromatic carbocycles. The molecule has 0 aromatic rings. The van der Waals surface area contributed by atoms with Gasteiger partial charge in [-0.25, -0.2) is 0 Å². The number of hydrogen-bond acceptors (Lipinski definition) is 3. The minimum atomic E-state index is -0.0380. The second-order valence-corrected chi connectivity index (χ2v) is 3.24. The number of rotatable bonds is 6. The molecule has 0 aliphatic rings. The van der Waals surface area contributed by atoms with Crippen molar-refractivity contribution in [2.45, 2.75) is 12.8 Å². The van der Waals surface area contributed by atoms with E-state index in [-0.39, 0.29) is 11.8 Å². The molecule has 0 aliphatic carbocycles. The van der Waals surface area contributed by atoms with Crippen LogP contribution in [0.15, 0.2) is 0 Å². The average molecular weight is 201 g/mol. The lowest BCUT2D eigenvalue weighted by atomic mass is 10.3. The van der Waals surface area contributed by atoms with Crippen LogP contribution in [-0.2, 0) is 9.59 Å². The van der Waals surface area contributed by atoms with Gasteiger partial charge in [-0.3, -0.25) is 9.59 Å². The van der Waals surface area contributed by atoms with Crippen LogP contribution in [-0.4, -0.2) is 50.9 Å². The third-order valence-electron chi connectivity index (χ3n) is 1.81. The summed E-state index contributed by atoms with van der Waals surface area (Å²) in [6, 6.07) is 0. The lowest BCUT2D eigenvalue weighted by Gasteiger charge is -2.09. The van der Waals surface area contributed by atoms with Crippen molar-refractivity contribution in [1.29, 1.82) is 0 Å². The molecule has 2 amide bonds. The lowest BCUT2D eigenvalue weighted by molar-refractivity contribution is -0.128. The highest BCUT2D eigenvalue weighted by Gasteiger charge is 2.02. The second kappa shape index (κ2) is 7.32. The van der Waals surface area contributed by atoms with Gasteiger partial charge in [0, 0.05) is 27.6 Å². The molecule has 0 heterocycles. The van der Waals surface area contributed by atoms with Gasteiger partial charge < -0.3 is 15.5 Å². The maximum absolute atomic E-state index is 11.1. The smallest absolute Gasteiger partial charge is 0.233 e. The van der Waals surface area contributed by atoms with E-state index in [1.165, 1.54) is 0 Å². The minimum Gasteiger partial charge on any atom is -0.358 e. The minimum absolute atomic E-state index is 0.0380. The third-order valence-corrected chi connectivity index (χ3v) is 1.81. The fourth-order valence-electron chi connectivity index (χ4n) is 0.879. The summed E-state index contributed by atoms with van der Waals surface area (Å²) in [6.07, 6.45) is 1.28. The second-order valence-electron chi connectivity index (χ2n) is 3.24. The van der Waals surface area contributed by atoms with Crippen molar-refractivity contribution in [2.75, 3.05) is 34.2 Å². The zero-order chi connectivity index (χ0) is 11.0. The first kappa shape index (κ1) is 12.9. The van der Waals surface area contributed by atoms with E-state index in [0.29, 0.717) is 19.5 Å². The van der Waals surface area contributed by atoms with Crippen LogP contribution in [0.5, 0.6) is 0 Å². The largest absolute Gasteiger partial charge is 0.358 e. The quantitative estimate of drug-likeness (QED) is 0.553. The monoisotopic (exact) mass is 201 g/mol. The van der Waals surface area contributed by atoms with E-state index >= 15 is 0 Å². The van der Waals surface area contributed by atoms with Crippen LogP contribution in [0.25, 0.3) is 0 Å². The van der Waals surface area contributed by atoms with Gasteiger partial charge in [0.25, 0.3) is 0 Å². The summed E-state index contributed by atoms with van der Waals surface area (Å²) in [5, 5.41) is 5.45. The summed E-state index contributed by atoms with van der Waals surface area (Å²) in [5.74, 6) is 0.0793. The molecule has 0 rings (SSSR count). The predicted molar refractivity (Wildman–Crippen MR) is 54.9 cm³/mol. The van der Waals surface area contributed by atoms with Gasteiger partial charge in [0.1, 0.15) is 0 Å². The predicted octanol–water partition coefficient (Wildman–Crippen LogP) is -0.810. The molecule has 0 saturated carbocycles. The molecule has 0 unspecified atom stereocenters. The summed E-state index contributed by atoms with van der Waals surface area (Å²) < 4.78 is 0. The lowest BCUT2D eigenvalue weighted by Crippen LogP contribution is -2.32. The Balaban J connectivity index is 3.30. The molecule has 0 fully saturated rings. The molecule has 0 aliphatic heterocycles. The van der Waals surface area contributed by atoms with Gasteiger partial charge >= 0.3 is 0 Å². The van der Waals surface area contributed by atoms with Crippen LogP contribution in [0.2, 0.25) is 0 Å². The Morgan fingerprint density at radius 2 is 1.93 bits per heavy atom. The van der Waals surface area contributed by atoms with Crippen molar-refractivity contribution in [2.24, 2.45) is 0 Å². The highest BCUT2D eigenvalue weighted by atomic mass is 16.2. The molecule has 14 heavy (non-hydrogen) atoms. The van der Waals surface area contributed by atoms with Crippen molar-refractivity contribution in [1.82, 2.24) is 15.5 Å². The van der Waals surface area contributed by atoms with Crippen LogP contribution >= 0.6 is 0 Å². The van der Waals surface area contributed by atoms with Crippen LogP contribution in [0.1, 0.15) is 12.8 Å². The van der Waals surface area contributed by atoms with Crippen LogP contribution < -0.4 is 10.6 Å². The van der Waals surface area contributed by atoms with Gasteiger partial charge in [0.05, 0.1) is 6.54 Å². The Morgan fingerprint density at radius 1 is 1.29 bits per heavy atom. The van der Waals surface area contributed by atoms with Gasteiger partial charge in [0.2, 0.25) is 11.8 Å².